The third-order valence-electron chi connectivity index (χ3n) is 5.71. The van der Waals surface area contributed by atoms with E-state index in [1.165, 1.54) is 44.2 Å². The molecule has 148 valence electrons. The van der Waals surface area contributed by atoms with Gasteiger partial charge in [-0.15, -0.1) is 0 Å². The topological polar surface area (TPSA) is 61.4 Å². The van der Waals surface area contributed by atoms with Crippen LogP contribution in [0.25, 0.3) is 0 Å². The molecule has 1 aromatic carbocycles. The molecule has 0 unspecified atom stereocenters. The lowest BCUT2D eigenvalue weighted by Crippen LogP contribution is -2.56. The number of nitrogens with zero attached hydrogens (tertiary/aromatic N) is 1. The SMILES string of the molecule is O=C(C[C@@H]1C(=O)NCCN1Cc1ccc(F)cc1)NCCCC1CCCC1. The molecule has 1 aromatic rings. The monoisotopic (exact) mass is 375 g/mol. The van der Waals surface area contributed by atoms with Gasteiger partial charge in [-0.3, -0.25) is 14.5 Å². The standard InChI is InChI=1S/C21H30FN3O2/c22-18-9-7-17(8-10-18)15-25-13-12-24-21(27)19(25)14-20(26)23-11-3-6-16-4-1-2-5-16/h7-10,16,19H,1-6,11-15H2,(H,23,26)(H,24,27)/t19-/m1/s1. The zero-order valence-corrected chi connectivity index (χ0v) is 15.9. The lowest BCUT2D eigenvalue weighted by Gasteiger charge is -2.34. The van der Waals surface area contributed by atoms with E-state index >= 15 is 0 Å². The Labute approximate surface area is 160 Å². The molecular weight excluding hydrogens is 345 g/mol. The van der Waals surface area contributed by atoms with E-state index < -0.39 is 6.04 Å². The number of benzene rings is 1. The summed E-state index contributed by atoms with van der Waals surface area (Å²) in [7, 11) is 0. The summed E-state index contributed by atoms with van der Waals surface area (Å²) >= 11 is 0. The molecule has 0 spiro atoms. The quantitative estimate of drug-likeness (QED) is 0.687. The summed E-state index contributed by atoms with van der Waals surface area (Å²) in [5.41, 5.74) is 0.938. The van der Waals surface area contributed by atoms with Crippen molar-refractivity contribution in [1.29, 1.82) is 0 Å². The van der Waals surface area contributed by atoms with E-state index in [1.807, 2.05) is 4.90 Å². The molecule has 0 radical (unpaired) electrons. The highest BCUT2D eigenvalue weighted by Crippen LogP contribution is 2.28. The van der Waals surface area contributed by atoms with Crippen LogP contribution in [0.15, 0.2) is 24.3 Å². The summed E-state index contributed by atoms with van der Waals surface area (Å²) < 4.78 is 13.1. The Hall–Kier alpha value is -1.95. The lowest BCUT2D eigenvalue weighted by molar-refractivity contribution is -0.134. The van der Waals surface area contributed by atoms with Crippen molar-refractivity contribution in [2.24, 2.45) is 5.92 Å². The third kappa shape index (κ3) is 6.03. The van der Waals surface area contributed by atoms with Crippen molar-refractivity contribution in [2.75, 3.05) is 19.6 Å². The number of amides is 2. The predicted octanol–water partition coefficient (Wildman–Crippen LogP) is 2.60. The van der Waals surface area contributed by atoms with Gasteiger partial charge in [0.1, 0.15) is 5.82 Å². The first-order valence-corrected chi connectivity index (χ1v) is 10.1. The van der Waals surface area contributed by atoms with Gasteiger partial charge in [0.15, 0.2) is 0 Å². The molecule has 1 saturated carbocycles. The van der Waals surface area contributed by atoms with Crippen molar-refractivity contribution in [3.8, 4) is 0 Å². The molecule has 5 nitrogen and oxygen atoms in total. The van der Waals surface area contributed by atoms with Crippen LogP contribution in [0.4, 0.5) is 4.39 Å². The summed E-state index contributed by atoms with van der Waals surface area (Å²) in [6.45, 7) is 2.47. The Bertz CT molecular complexity index is 629. The van der Waals surface area contributed by atoms with Crippen LogP contribution in [0.3, 0.4) is 0 Å². The molecule has 27 heavy (non-hydrogen) atoms. The molecule has 6 heteroatoms. The number of nitrogens with one attached hydrogen (secondary N) is 2. The highest BCUT2D eigenvalue weighted by molar-refractivity contribution is 5.88. The van der Waals surface area contributed by atoms with Crippen molar-refractivity contribution in [2.45, 2.75) is 57.5 Å². The minimum atomic E-state index is -0.473. The first-order chi connectivity index (χ1) is 13.1. The van der Waals surface area contributed by atoms with Crippen LogP contribution in [0, 0.1) is 11.7 Å². The highest BCUT2D eigenvalue weighted by atomic mass is 19.1. The van der Waals surface area contributed by atoms with Crippen molar-refractivity contribution in [3.63, 3.8) is 0 Å². The van der Waals surface area contributed by atoms with E-state index in [-0.39, 0.29) is 24.1 Å². The van der Waals surface area contributed by atoms with Crippen molar-refractivity contribution in [3.05, 3.63) is 35.6 Å². The second kappa shape index (κ2) is 9.83. The zero-order valence-electron chi connectivity index (χ0n) is 15.9. The summed E-state index contributed by atoms with van der Waals surface area (Å²) in [5.74, 6) is 0.373. The molecule has 1 heterocycles. The molecule has 3 rings (SSSR count). The normalized spacial score (nSPS) is 21.2. The number of halogens is 1. The predicted molar refractivity (Wildman–Crippen MR) is 102 cm³/mol. The van der Waals surface area contributed by atoms with Gasteiger partial charge in [-0.2, -0.15) is 0 Å². The summed E-state index contributed by atoms with van der Waals surface area (Å²) in [6.07, 6.45) is 7.70. The molecule has 1 atom stereocenters. The smallest absolute Gasteiger partial charge is 0.237 e. The van der Waals surface area contributed by atoms with Gasteiger partial charge in [0, 0.05) is 26.2 Å². The minimum Gasteiger partial charge on any atom is -0.356 e. The van der Waals surface area contributed by atoms with E-state index in [9.17, 15) is 14.0 Å². The molecule has 2 aliphatic rings. The van der Waals surface area contributed by atoms with Crippen LogP contribution in [0.2, 0.25) is 0 Å². The highest BCUT2D eigenvalue weighted by Gasteiger charge is 2.31. The Morgan fingerprint density at radius 1 is 1.22 bits per heavy atom. The van der Waals surface area contributed by atoms with Crippen molar-refractivity contribution in [1.82, 2.24) is 15.5 Å². The fourth-order valence-electron chi connectivity index (χ4n) is 4.16. The Kier molecular flexibility index (Phi) is 7.21. The van der Waals surface area contributed by atoms with E-state index in [1.54, 1.807) is 12.1 Å². The van der Waals surface area contributed by atoms with Gasteiger partial charge in [-0.1, -0.05) is 37.8 Å². The second-order valence-electron chi connectivity index (χ2n) is 7.75. The number of carbonyl (C=O) groups is 2. The van der Waals surface area contributed by atoms with E-state index in [0.717, 1.165) is 17.9 Å². The van der Waals surface area contributed by atoms with Gasteiger partial charge in [0.2, 0.25) is 11.8 Å². The molecule has 2 N–H and O–H groups in total. The van der Waals surface area contributed by atoms with Gasteiger partial charge >= 0.3 is 0 Å². The van der Waals surface area contributed by atoms with Crippen molar-refractivity contribution < 1.29 is 14.0 Å². The van der Waals surface area contributed by atoms with Crippen LogP contribution >= 0.6 is 0 Å². The second-order valence-corrected chi connectivity index (χ2v) is 7.75. The van der Waals surface area contributed by atoms with Gasteiger partial charge in [-0.25, -0.2) is 4.39 Å². The van der Waals surface area contributed by atoms with Gasteiger partial charge < -0.3 is 10.6 Å². The maximum absolute atomic E-state index is 13.1. The van der Waals surface area contributed by atoms with Crippen LogP contribution in [-0.2, 0) is 16.1 Å². The zero-order chi connectivity index (χ0) is 19.1. The molecule has 2 fully saturated rings. The van der Waals surface area contributed by atoms with E-state index in [0.29, 0.717) is 26.2 Å². The van der Waals surface area contributed by atoms with Gasteiger partial charge in [-0.05, 0) is 36.5 Å². The molecule has 0 aromatic heterocycles. The first kappa shape index (κ1) is 19.8. The maximum atomic E-state index is 13.1. The average Bonchev–Trinajstić information content (AvgIpc) is 3.17. The molecular formula is C21H30FN3O2. The average molecular weight is 375 g/mol. The van der Waals surface area contributed by atoms with Crippen LogP contribution in [0.1, 0.15) is 50.5 Å². The van der Waals surface area contributed by atoms with Crippen LogP contribution in [-0.4, -0.2) is 42.4 Å². The van der Waals surface area contributed by atoms with Crippen LogP contribution in [0.5, 0.6) is 0 Å². The lowest BCUT2D eigenvalue weighted by atomic mass is 10.0. The molecule has 1 saturated heterocycles. The minimum absolute atomic E-state index is 0.0763. The number of hydrogen-bond donors (Lipinski definition) is 2. The Morgan fingerprint density at radius 3 is 2.70 bits per heavy atom. The number of rotatable bonds is 8. The molecule has 0 bridgehead atoms. The number of hydrogen-bond acceptors (Lipinski definition) is 3. The fourth-order valence-corrected chi connectivity index (χ4v) is 4.16. The Morgan fingerprint density at radius 2 is 1.96 bits per heavy atom. The van der Waals surface area contributed by atoms with E-state index in [4.69, 9.17) is 0 Å². The van der Waals surface area contributed by atoms with Crippen molar-refractivity contribution >= 4 is 11.8 Å². The van der Waals surface area contributed by atoms with Gasteiger partial charge in [0.05, 0.1) is 12.5 Å². The summed E-state index contributed by atoms with van der Waals surface area (Å²) in [5, 5.41) is 5.82. The van der Waals surface area contributed by atoms with Crippen LogP contribution < -0.4 is 10.6 Å². The molecule has 2 amide bonds. The summed E-state index contributed by atoms with van der Waals surface area (Å²) in [6, 6.07) is 5.82. The van der Waals surface area contributed by atoms with Gasteiger partial charge in [0.25, 0.3) is 0 Å². The molecule has 1 aliphatic carbocycles. The van der Waals surface area contributed by atoms with E-state index in [2.05, 4.69) is 10.6 Å². The summed E-state index contributed by atoms with van der Waals surface area (Å²) in [4.78, 5) is 26.6. The number of carbonyl (C=O) groups excluding carboxylic acids is 2. The largest absolute Gasteiger partial charge is 0.356 e. The maximum Gasteiger partial charge on any atom is 0.237 e. The first-order valence-electron chi connectivity index (χ1n) is 10.1. The molecule has 1 aliphatic heterocycles. The fraction of sp³-hybridized carbons (Fsp3) is 0.619. The Balaban J connectivity index is 1.46. The number of piperazine rings is 1. The third-order valence-corrected chi connectivity index (χ3v) is 5.71.